The van der Waals surface area contributed by atoms with Crippen LogP contribution in [0.25, 0.3) is 0 Å². The van der Waals surface area contributed by atoms with Gasteiger partial charge in [-0.05, 0) is 36.4 Å². The Hall–Kier alpha value is -3.06. The van der Waals surface area contributed by atoms with Crippen molar-refractivity contribution in [3.63, 3.8) is 0 Å². The number of ether oxygens (including phenoxy) is 2. The van der Waals surface area contributed by atoms with Gasteiger partial charge in [0.05, 0.1) is 38.1 Å². The first kappa shape index (κ1) is 19.3. The minimum absolute atomic E-state index is 0.147. The van der Waals surface area contributed by atoms with E-state index in [4.69, 9.17) is 9.47 Å². The normalized spacial score (nSPS) is 20.3. The highest BCUT2D eigenvalue weighted by Gasteiger charge is 2.43. The summed E-state index contributed by atoms with van der Waals surface area (Å²) >= 11 is 0. The predicted octanol–water partition coefficient (Wildman–Crippen LogP) is 2.16. The van der Waals surface area contributed by atoms with Gasteiger partial charge < -0.3 is 14.4 Å². The molecule has 0 spiro atoms. The van der Waals surface area contributed by atoms with Gasteiger partial charge >= 0.3 is 0 Å². The number of para-hydroxylation sites is 2. The Labute approximate surface area is 170 Å². The Morgan fingerprint density at radius 2 is 1.55 bits per heavy atom. The molecule has 2 aromatic rings. The summed E-state index contributed by atoms with van der Waals surface area (Å²) in [6.45, 7) is 3.00. The molecule has 152 valence electrons. The number of rotatable bonds is 5. The average Bonchev–Trinajstić information content (AvgIpc) is 3.07. The molecule has 7 nitrogen and oxygen atoms in total. The van der Waals surface area contributed by atoms with Gasteiger partial charge in [-0.2, -0.15) is 0 Å². The van der Waals surface area contributed by atoms with Crippen molar-refractivity contribution in [2.24, 2.45) is 0 Å². The molecule has 0 bridgehead atoms. The quantitative estimate of drug-likeness (QED) is 0.723. The zero-order valence-electron chi connectivity index (χ0n) is 16.7. The van der Waals surface area contributed by atoms with Gasteiger partial charge in [0.1, 0.15) is 11.5 Å². The van der Waals surface area contributed by atoms with Crippen LogP contribution in [-0.4, -0.2) is 63.2 Å². The summed E-state index contributed by atoms with van der Waals surface area (Å²) in [5.74, 6) is 1.24. The molecule has 29 heavy (non-hydrogen) atoms. The van der Waals surface area contributed by atoms with Crippen molar-refractivity contribution in [3.8, 4) is 11.5 Å². The van der Waals surface area contributed by atoms with Gasteiger partial charge in [0.15, 0.2) is 0 Å². The van der Waals surface area contributed by atoms with Crippen LogP contribution in [0.2, 0.25) is 0 Å². The third kappa shape index (κ3) is 3.65. The van der Waals surface area contributed by atoms with Gasteiger partial charge in [-0.3, -0.25) is 14.5 Å². The van der Waals surface area contributed by atoms with Gasteiger partial charge in [-0.25, -0.2) is 4.90 Å². The van der Waals surface area contributed by atoms with Gasteiger partial charge in [0, 0.05) is 26.2 Å². The van der Waals surface area contributed by atoms with Gasteiger partial charge in [0.2, 0.25) is 5.91 Å². The Morgan fingerprint density at radius 3 is 2.21 bits per heavy atom. The van der Waals surface area contributed by atoms with E-state index in [1.165, 1.54) is 4.90 Å². The van der Waals surface area contributed by atoms with E-state index in [1.54, 1.807) is 38.5 Å². The fourth-order valence-corrected chi connectivity index (χ4v) is 4.07. The molecule has 0 radical (unpaired) electrons. The number of methoxy groups -OCH3 is 2. The van der Waals surface area contributed by atoms with Crippen LogP contribution >= 0.6 is 0 Å². The lowest BCUT2D eigenvalue weighted by Crippen LogP contribution is -2.52. The number of piperazine rings is 1. The second-order valence-electron chi connectivity index (χ2n) is 7.18. The molecule has 7 heteroatoms. The molecule has 1 atom stereocenters. The molecular formula is C22H25N3O4. The molecule has 4 rings (SSSR count). The minimum atomic E-state index is -0.399. The summed E-state index contributed by atoms with van der Waals surface area (Å²) in [7, 11) is 3.26. The molecule has 2 aromatic carbocycles. The molecule has 2 heterocycles. The van der Waals surface area contributed by atoms with Crippen LogP contribution in [-0.2, 0) is 9.59 Å². The average molecular weight is 395 g/mol. The van der Waals surface area contributed by atoms with Crippen molar-refractivity contribution in [1.29, 1.82) is 0 Å². The van der Waals surface area contributed by atoms with Crippen molar-refractivity contribution in [1.82, 2.24) is 4.90 Å². The Kier molecular flexibility index (Phi) is 5.40. The first-order valence-electron chi connectivity index (χ1n) is 9.75. The molecule has 2 fully saturated rings. The first-order valence-corrected chi connectivity index (χ1v) is 9.75. The van der Waals surface area contributed by atoms with E-state index >= 15 is 0 Å². The number of carbonyl (C=O) groups excluding carboxylic acids is 2. The molecule has 0 saturated carbocycles. The number of imide groups is 1. The molecule has 0 unspecified atom stereocenters. The van der Waals surface area contributed by atoms with Crippen LogP contribution in [0.1, 0.15) is 6.42 Å². The molecular weight excluding hydrogens is 370 g/mol. The SMILES string of the molecule is COc1ccc(N2C(=O)C[C@H](N3CCN(c4ccccc4OC)CC3)C2=O)cc1. The molecule has 2 aliphatic rings. The lowest BCUT2D eigenvalue weighted by Gasteiger charge is -2.38. The van der Waals surface area contributed by atoms with Crippen LogP contribution in [0.3, 0.4) is 0 Å². The molecule has 0 aromatic heterocycles. The Morgan fingerprint density at radius 1 is 0.862 bits per heavy atom. The first-order chi connectivity index (χ1) is 14.1. The number of nitrogens with zero attached hydrogens (tertiary/aromatic N) is 3. The Bertz CT molecular complexity index is 891. The van der Waals surface area contributed by atoms with E-state index < -0.39 is 6.04 Å². The van der Waals surface area contributed by atoms with Crippen LogP contribution in [0.15, 0.2) is 48.5 Å². The summed E-state index contributed by atoms with van der Waals surface area (Å²) in [4.78, 5) is 31.3. The summed E-state index contributed by atoms with van der Waals surface area (Å²) in [6, 6.07) is 14.6. The number of hydrogen-bond donors (Lipinski definition) is 0. The van der Waals surface area contributed by atoms with Crippen LogP contribution in [0, 0.1) is 0 Å². The third-order valence-electron chi connectivity index (χ3n) is 5.63. The number of amides is 2. The van der Waals surface area contributed by atoms with Crippen LogP contribution in [0.4, 0.5) is 11.4 Å². The van der Waals surface area contributed by atoms with Gasteiger partial charge in [-0.1, -0.05) is 12.1 Å². The molecule has 0 N–H and O–H groups in total. The number of carbonyl (C=O) groups is 2. The number of hydrogen-bond acceptors (Lipinski definition) is 6. The maximum absolute atomic E-state index is 13.0. The maximum atomic E-state index is 13.0. The highest BCUT2D eigenvalue weighted by atomic mass is 16.5. The molecule has 0 aliphatic carbocycles. The fourth-order valence-electron chi connectivity index (χ4n) is 4.07. The second-order valence-corrected chi connectivity index (χ2v) is 7.18. The van der Waals surface area contributed by atoms with E-state index in [0.29, 0.717) is 11.4 Å². The van der Waals surface area contributed by atoms with Crippen molar-refractivity contribution >= 4 is 23.2 Å². The Balaban J connectivity index is 1.43. The van der Waals surface area contributed by atoms with Crippen molar-refractivity contribution in [3.05, 3.63) is 48.5 Å². The van der Waals surface area contributed by atoms with E-state index in [1.807, 2.05) is 24.3 Å². The zero-order chi connectivity index (χ0) is 20.4. The second kappa shape index (κ2) is 8.13. The van der Waals surface area contributed by atoms with Crippen LogP contribution in [0.5, 0.6) is 11.5 Å². The summed E-state index contributed by atoms with van der Waals surface area (Å²) < 4.78 is 10.6. The van der Waals surface area contributed by atoms with E-state index in [9.17, 15) is 9.59 Å². The number of benzene rings is 2. The zero-order valence-corrected chi connectivity index (χ0v) is 16.7. The summed E-state index contributed by atoms with van der Waals surface area (Å²) in [6.07, 6.45) is 0.222. The van der Waals surface area contributed by atoms with E-state index in [2.05, 4.69) is 9.80 Å². The third-order valence-corrected chi connectivity index (χ3v) is 5.63. The van der Waals surface area contributed by atoms with Crippen molar-refractivity contribution < 1.29 is 19.1 Å². The van der Waals surface area contributed by atoms with Gasteiger partial charge in [0.25, 0.3) is 5.91 Å². The van der Waals surface area contributed by atoms with E-state index in [0.717, 1.165) is 37.6 Å². The highest BCUT2D eigenvalue weighted by molar-refractivity contribution is 6.22. The predicted molar refractivity (Wildman–Crippen MR) is 111 cm³/mol. The minimum Gasteiger partial charge on any atom is -0.497 e. The largest absolute Gasteiger partial charge is 0.497 e. The highest BCUT2D eigenvalue weighted by Crippen LogP contribution is 2.31. The molecule has 2 aliphatic heterocycles. The topological polar surface area (TPSA) is 62.3 Å². The maximum Gasteiger partial charge on any atom is 0.251 e. The number of anilines is 2. The fraction of sp³-hybridized carbons (Fsp3) is 0.364. The summed E-state index contributed by atoms with van der Waals surface area (Å²) in [5.41, 5.74) is 1.65. The molecule has 2 saturated heterocycles. The van der Waals surface area contributed by atoms with E-state index in [-0.39, 0.29) is 18.2 Å². The smallest absolute Gasteiger partial charge is 0.251 e. The van der Waals surface area contributed by atoms with Crippen molar-refractivity contribution in [2.45, 2.75) is 12.5 Å². The van der Waals surface area contributed by atoms with Crippen molar-refractivity contribution in [2.75, 3.05) is 50.2 Å². The standard InChI is InChI=1S/C22H25N3O4/c1-28-17-9-7-16(8-10-17)25-21(26)15-19(22(25)27)24-13-11-23(12-14-24)18-5-3-4-6-20(18)29-2/h3-10,19H,11-15H2,1-2H3/t19-/m0/s1. The lowest BCUT2D eigenvalue weighted by atomic mass is 10.1. The monoisotopic (exact) mass is 395 g/mol. The summed E-state index contributed by atoms with van der Waals surface area (Å²) in [5, 5.41) is 0. The van der Waals surface area contributed by atoms with Crippen LogP contribution < -0.4 is 19.3 Å². The molecule has 2 amide bonds. The lowest BCUT2D eigenvalue weighted by molar-refractivity contribution is -0.123. The van der Waals surface area contributed by atoms with Gasteiger partial charge in [-0.15, -0.1) is 0 Å².